The van der Waals surface area contributed by atoms with E-state index in [1.165, 1.54) is 0 Å². The summed E-state index contributed by atoms with van der Waals surface area (Å²) in [6, 6.07) is 0. The second kappa shape index (κ2) is 15.0. The highest BCUT2D eigenvalue weighted by atomic mass is 35.5. The third-order valence-electron chi connectivity index (χ3n) is 11.1. The maximum absolute atomic E-state index is 10.8. The molecule has 0 bridgehead atoms. The number of aliphatic hydroxyl groups is 8. The second-order valence-electron chi connectivity index (χ2n) is 14.3. The molecule has 2 heterocycles. The first-order chi connectivity index (χ1) is 20.2. The van der Waals surface area contributed by atoms with Gasteiger partial charge in [0, 0.05) is 9.65 Å². The SMILES string of the molecule is BC1(Cl)CCC(C2CCCC([C@H]3O[C@H](CO)[C@@H](O)[C@H](O)[C@@H]3O)CC2(C)Cl)CCCC([C@H]2O[C@H](CO)[C@@H](O)[C@H](O)[C@@H]2O)CC1. The van der Waals surface area contributed by atoms with Crippen LogP contribution in [0.5, 0.6) is 0 Å². The minimum Gasteiger partial charge on any atom is -0.394 e. The molecular weight excluding hydrogens is 602 g/mol. The molecule has 0 aromatic carbocycles. The number of hydrogen-bond donors (Lipinski definition) is 8. The van der Waals surface area contributed by atoms with Crippen molar-refractivity contribution >= 4 is 31.0 Å². The van der Waals surface area contributed by atoms with Gasteiger partial charge in [0.05, 0.1) is 25.4 Å². The molecular formula is C30H53BCl2O10. The summed E-state index contributed by atoms with van der Waals surface area (Å²) in [6.07, 6.45) is -2.96. The molecule has 250 valence electrons. The lowest BCUT2D eigenvalue weighted by molar-refractivity contribution is -0.242. The van der Waals surface area contributed by atoms with Crippen LogP contribution < -0.4 is 0 Å². The fourth-order valence-corrected chi connectivity index (χ4v) is 9.18. The molecule has 4 fully saturated rings. The fraction of sp³-hybridized carbons (Fsp3) is 1.00. The van der Waals surface area contributed by atoms with Gasteiger partial charge in [0.15, 0.2) is 0 Å². The van der Waals surface area contributed by atoms with Crippen molar-refractivity contribution in [3.8, 4) is 0 Å². The maximum Gasteiger partial charge on any atom is 0.128 e. The quantitative estimate of drug-likeness (QED) is 0.114. The molecule has 0 radical (unpaired) electrons. The number of alkyl halides is 2. The van der Waals surface area contributed by atoms with Crippen molar-refractivity contribution in [3.05, 3.63) is 0 Å². The molecule has 43 heavy (non-hydrogen) atoms. The Morgan fingerprint density at radius 3 is 1.60 bits per heavy atom. The smallest absolute Gasteiger partial charge is 0.128 e. The summed E-state index contributed by atoms with van der Waals surface area (Å²) in [5.74, 6) is 0.145. The van der Waals surface area contributed by atoms with Crippen LogP contribution in [0, 0.1) is 23.7 Å². The normalized spacial score (nSPS) is 52.7. The molecule has 6 unspecified atom stereocenters. The van der Waals surface area contributed by atoms with E-state index in [1.54, 1.807) is 0 Å². The van der Waals surface area contributed by atoms with Crippen LogP contribution in [0.1, 0.15) is 77.6 Å². The highest BCUT2D eigenvalue weighted by Gasteiger charge is 2.50. The van der Waals surface area contributed by atoms with Crippen LogP contribution >= 0.6 is 23.2 Å². The molecule has 0 amide bonds. The van der Waals surface area contributed by atoms with E-state index in [9.17, 15) is 40.9 Å². The van der Waals surface area contributed by atoms with E-state index >= 15 is 0 Å². The van der Waals surface area contributed by atoms with E-state index in [1.807, 2.05) is 14.8 Å². The Hall–Kier alpha value is 0.245. The van der Waals surface area contributed by atoms with Gasteiger partial charge in [0.25, 0.3) is 0 Å². The Labute approximate surface area is 266 Å². The van der Waals surface area contributed by atoms with E-state index in [0.717, 1.165) is 51.4 Å². The number of halogens is 2. The Bertz CT molecular complexity index is 882. The molecule has 2 aliphatic carbocycles. The van der Waals surface area contributed by atoms with Crippen LogP contribution in [0.2, 0.25) is 0 Å². The zero-order chi connectivity index (χ0) is 31.7. The average molecular weight is 655 g/mol. The first-order valence-electron chi connectivity index (χ1n) is 16.2. The van der Waals surface area contributed by atoms with E-state index < -0.39 is 83.9 Å². The molecule has 4 aliphatic rings. The van der Waals surface area contributed by atoms with Crippen LogP contribution in [0.15, 0.2) is 0 Å². The van der Waals surface area contributed by atoms with Crippen LogP contribution in [-0.2, 0) is 9.47 Å². The van der Waals surface area contributed by atoms with Crippen molar-refractivity contribution in [2.75, 3.05) is 13.2 Å². The molecule has 2 saturated heterocycles. The van der Waals surface area contributed by atoms with Crippen molar-refractivity contribution in [2.24, 2.45) is 23.7 Å². The van der Waals surface area contributed by atoms with E-state index in [-0.39, 0.29) is 23.7 Å². The Morgan fingerprint density at radius 1 is 0.628 bits per heavy atom. The molecule has 8 N–H and O–H groups in total. The zero-order valence-electron chi connectivity index (χ0n) is 25.4. The predicted octanol–water partition coefficient (Wildman–Crippen LogP) is 0.0200. The van der Waals surface area contributed by atoms with Gasteiger partial charge in [-0.25, -0.2) is 0 Å². The second-order valence-corrected chi connectivity index (χ2v) is 16.1. The van der Waals surface area contributed by atoms with Crippen molar-refractivity contribution in [1.82, 2.24) is 0 Å². The van der Waals surface area contributed by atoms with Crippen molar-refractivity contribution in [1.29, 1.82) is 0 Å². The summed E-state index contributed by atoms with van der Waals surface area (Å²) >= 11 is 14.4. The lowest BCUT2D eigenvalue weighted by Gasteiger charge is -2.45. The van der Waals surface area contributed by atoms with Crippen molar-refractivity contribution < 1.29 is 50.3 Å². The first-order valence-corrected chi connectivity index (χ1v) is 16.9. The predicted molar refractivity (Wildman–Crippen MR) is 164 cm³/mol. The summed E-state index contributed by atoms with van der Waals surface area (Å²) in [4.78, 5) is -0.631. The van der Waals surface area contributed by atoms with Crippen LogP contribution in [0.3, 0.4) is 0 Å². The van der Waals surface area contributed by atoms with E-state index in [4.69, 9.17) is 32.7 Å². The van der Waals surface area contributed by atoms with E-state index in [0.29, 0.717) is 19.3 Å². The third-order valence-corrected chi connectivity index (χ3v) is 11.9. The van der Waals surface area contributed by atoms with Gasteiger partial charge < -0.3 is 50.3 Å². The minimum atomic E-state index is -1.41. The molecule has 0 aromatic rings. The Morgan fingerprint density at radius 2 is 1.07 bits per heavy atom. The Kier molecular flexibility index (Phi) is 12.6. The third kappa shape index (κ3) is 8.22. The van der Waals surface area contributed by atoms with Crippen LogP contribution in [0.25, 0.3) is 0 Å². The monoisotopic (exact) mass is 654 g/mol. The van der Waals surface area contributed by atoms with Gasteiger partial charge in [-0.05, 0) is 82.0 Å². The molecule has 0 aromatic heterocycles. The van der Waals surface area contributed by atoms with Gasteiger partial charge in [-0.15, -0.1) is 23.2 Å². The van der Waals surface area contributed by atoms with Gasteiger partial charge in [0.1, 0.15) is 56.7 Å². The molecule has 13 heteroatoms. The first kappa shape index (κ1) is 36.1. The van der Waals surface area contributed by atoms with Crippen LogP contribution in [-0.4, -0.2) is 133 Å². The minimum absolute atomic E-state index is 0.116. The standard InChI is InChI=1S/C30H53BCl2O10/c1-29(32)12-17(28-26(41)24(39)22(37)20(14-35)43-28)6-3-7-18(29)15-4-2-5-16(9-11-30(31,33)10-8-15)27-25(40)23(38)21(36)19(13-34)42-27/h15-28,34-41H,2-14,31H2,1H3/t15?,16?,17?,18?,19-,20-,21-,22-,23+,24+,25+,26+,27-,28-,29?,30?/m1/s1. The maximum atomic E-state index is 10.8. The number of rotatable bonds is 5. The van der Waals surface area contributed by atoms with Crippen molar-refractivity contribution in [2.45, 2.75) is 148 Å². The summed E-state index contributed by atoms with van der Waals surface area (Å²) < 4.78 is 11.4. The molecule has 16 atom stereocenters. The molecule has 2 saturated carbocycles. The van der Waals surface area contributed by atoms with Gasteiger partial charge in [0.2, 0.25) is 0 Å². The van der Waals surface area contributed by atoms with Gasteiger partial charge in [-0.2, -0.15) is 0 Å². The lowest BCUT2D eigenvalue weighted by Crippen LogP contribution is -2.60. The van der Waals surface area contributed by atoms with E-state index in [2.05, 4.69) is 0 Å². The Balaban J connectivity index is 1.48. The molecule has 4 rings (SSSR count). The topological polar surface area (TPSA) is 180 Å². The lowest BCUT2D eigenvalue weighted by atomic mass is 9.68. The van der Waals surface area contributed by atoms with Gasteiger partial charge in [-0.3, -0.25) is 0 Å². The van der Waals surface area contributed by atoms with Gasteiger partial charge in [-0.1, -0.05) is 19.3 Å². The summed E-state index contributed by atoms with van der Waals surface area (Å²) in [5.41, 5.74) is 0. The van der Waals surface area contributed by atoms with Crippen LogP contribution in [0.4, 0.5) is 0 Å². The molecule has 0 spiro atoms. The fourth-order valence-electron chi connectivity index (χ4n) is 8.47. The summed E-state index contributed by atoms with van der Waals surface area (Å²) in [7, 11) is 2.03. The highest BCUT2D eigenvalue weighted by molar-refractivity contribution is 6.44. The average Bonchev–Trinajstić information content (AvgIpc) is 3.12. The molecule has 2 aliphatic heterocycles. The summed E-state index contributed by atoms with van der Waals surface area (Å²) in [5, 5.41) is 82.4. The molecule has 10 nitrogen and oxygen atoms in total. The highest BCUT2D eigenvalue weighted by Crippen LogP contribution is 2.49. The zero-order valence-corrected chi connectivity index (χ0v) is 26.9. The van der Waals surface area contributed by atoms with Crippen molar-refractivity contribution in [3.63, 3.8) is 0 Å². The summed E-state index contributed by atoms with van der Waals surface area (Å²) in [6.45, 7) is 1.12. The van der Waals surface area contributed by atoms with Gasteiger partial charge >= 0.3 is 0 Å². The number of hydrogen-bond acceptors (Lipinski definition) is 10. The number of ether oxygens (including phenoxy) is 2. The largest absolute Gasteiger partial charge is 0.394 e. The number of aliphatic hydroxyl groups excluding tert-OH is 8.